The Morgan fingerprint density at radius 3 is 2.00 bits per heavy atom. The van der Waals surface area contributed by atoms with E-state index in [1.165, 1.54) is 11.1 Å². The molecule has 0 amide bonds. The Morgan fingerprint density at radius 1 is 0.808 bits per heavy atom. The van der Waals surface area contributed by atoms with E-state index in [4.69, 9.17) is 23.7 Å². The molecule has 151 valence electrons. The van der Waals surface area contributed by atoms with Crippen LogP contribution in [0.25, 0.3) is 0 Å². The summed E-state index contributed by atoms with van der Waals surface area (Å²) < 4.78 is 27.6. The van der Waals surface area contributed by atoms with Crippen molar-refractivity contribution < 1.29 is 40.8 Å². The summed E-state index contributed by atoms with van der Waals surface area (Å²) in [5.41, 5.74) is 2.44. The number of benzene rings is 1. The first-order chi connectivity index (χ1) is 11.8. The van der Waals surface area contributed by atoms with Gasteiger partial charge in [0.15, 0.2) is 11.5 Å². The summed E-state index contributed by atoms with van der Waals surface area (Å²) >= 11 is 0. The average molecular weight is 518 g/mol. The summed E-state index contributed by atoms with van der Waals surface area (Å²) in [6.07, 6.45) is 4.38. The van der Waals surface area contributed by atoms with Crippen molar-refractivity contribution in [3.05, 3.63) is 23.3 Å². The molecule has 0 aromatic heterocycles. The Morgan fingerprint density at radius 2 is 1.38 bits per heavy atom. The second-order valence-electron chi connectivity index (χ2n) is 5.86. The van der Waals surface area contributed by atoms with Gasteiger partial charge in [-0.15, -0.1) is 0 Å². The predicted octanol–water partition coefficient (Wildman–Crippen LogP) is 2.53. The van der Waals surface area contributed by atoms with Crippen molar-refractivity contribution in [2.24, 2.45) is 0 Å². The van der Waals surface area contributed by atoms with Gasteiger partial charge in [0.25, 0.3) is 0 Å². The second-order valence-corrected chi connectivity index (χ2v) is 5.86. The molecule has 2 rings (SSSR count). The maximum absolute atomic E-state index is 5.75. The number of aryl methyl sites for hydroxylation is 1. The van der Waals surface area contributed by atoms with Gasteiger partial charge in [0, 0.05) is 23.7 Å². The molecule has 1 aromatic carbocycles. The Hall–Kier alpha value is 0.0377. The van der Waals surface area contributed by atoms with Crippen LogP contribution in [0.1, 0.15) is 44.2 Å². The molecule has 0 unspecified atom stereocenters. The molecule has 1 aromatic rings. The molecular weight excluding hydrogens is 485 g/mol. The second kappa shape index (κ2) is 16.0. The van der Waals surface area contributed by atoms with Crippen molar-refractivity contribution in [2.45, 2.75) is 46.1 Å². The van der Waals surface area contributed by atoms with E-state index in [1.807, 2.05) is 6.07 Å². The van der Waals surface area contributed by atoms with Crippen molar-refractivity contribution >= 4 is 24.4 Å². The summed E-state index contributed by atoms with van der Waals surface area (Å²) in [7, 11) is 0. The van der Waals surface area contributed by atoms with E-state index < -0.39 is 0 Å². The van der Waals surface area contributed by atoms with Crippen LogP contribution in [-0.4, -0.2) is 64.3 Å². The van der Waals surface area contributed by atoms with Gasteiger partial charge in [-0.1, -0.05) is 26.7 Å². The van der Waals surface area contributed by atoms with Gasteiger partial charge in [0.05, 0.1) is 33.0 Å². The number of rotatable bonds is 13. The molecule has 1 aliphatic rings. The summed E-state index contributed by atoms with van der Waals surface area (Å²) in [6, 6.07) is 4.12. The van der Waals surface area contributed by atoms with Crippen molar-refractivity contribution in [3.63, 3.8) is 0 Å². The molecule has 1 aliphatic heterocycles. The van der Waals surface area contributed by atoms with E-state index in [9.17, 15) is 0 Å². The van der Waals surface area contributed by atoms with Crippen LogP contribution >= 0.6 is 0 Å². The van der Waals surface area contributed by atoms with Crippen molar-refractivity contribution in [2.75, 3.05) is 39.8 Å². The summed E-state index contributed by atoms with van der Waals surface area (Å²) in [5.74, 6) is 1.66. The molecule has 26 heavy (non-hydrogen) atoms. The van der Waals surface area contributed by atoms with Crippen LogP contribution in [0.5, 0.6) is 11.5 Å². The zero-order chi connectivity index (χ0) is 17.0. The van der Waals surface area contributed by atoms with Crippen molar-refractivity contribution in [1.82, 2.24) is 0 Å². The molecule has 0 fully saturated rings. The fourth-order valence-corrected chi connectivity index (χ4v) is 2.53. The molecule has 7 heteroatoms. The first-order valence-corrected chi connectivity index (χ1v) is 8.99. The van der Waals surface area contributed by atoms with Gasteiger partial charge in [-0.05, 0) is 36.1 Å². The van der Waals surface area contributed by atoms with Crippen molar-refractivity contribution in [3.8, 4) is 11.5 Å². The topological polar surface area (TPSA) is 46.2 Å². The molecule has 0 aliphatic carbocycles. The molecule has 0 N–H and O–H groups in total. The molecule has 5 nitrogen and oxygen atoms in total. The standard InChI is InChI=1S/C19H30O5.Mn.Sb.3H/c1-3-5-7-20-8-9-21-10-11-22-14-17-13-19-18(23-15-24-19)12-16(17)6-4-2;;;;;/h12-13H,3-11,14-15H2,1-2H3;;;;;. The average Bonchev–Trinajstić information content (AvgIpc) is 3.04. The summed E-state index contributed by atoms with van der Waals surface area (Å²) in [5, 5.41) is 0. The first kappa shape index (κ1) is 26.0. The van der Waals surface area contributed by atoms with Crippen LogP contribution in [0, 0.1) is 0 Å². The fraction of sp³-hybridized carbons (Fsp3) is 0.684. The van der Waals surface area contributed by atoms with Crippen LogP contribution in [0.4, 0.5) is 0 Å². The van der Waals surface area contributed by atoms with E-state index in [-0.39, 0.29) is 41.5 Å². The normalized spacial score (nSPS) is 11.8. The fourth-order valence-electron chi connectivity index (χ4n) is 2.53. The van der Waals surface area contributed by atoms with Gasteiger partial charge in [0.1, 0.15) is 0 Å². The number of hydrogen-bond acceptors (Lipinski definition) is 5. The van der Waals surface area contributed by atoms with E-state index in [2.05, 4.69) is 19.9 Å². The van der Waals surface area contributed by atoms with E-state index in [0.717, 1.165) is 43.8 Å². The third kappa shape index (κ3) is 9.30. The van der Waals surface area contributed by atoms with Crippen LogP contribution in [0.15, 0.2) is 12.1 Å². The maximum atomic E-state index is 5.75. The molecule has 0 spiro atoms. The Balaban J connectivity index is 0.00000312. The van der Waals surface area contributed by atoms with Crippen LogP contribution in [-0.2, 0) is 44.3 Å². The number of unbranched alkanes of at least 4 members (excludes halogenated alkanes) is 1. The van der Waals surface area contributed by atoms with Gasteiger partial charge in [-0.3, -0.25) is 0 Å². The molecule has 0 saturated carbocycles. The molecule has 0 bridgehead atoms. The Bertz CT molecular complexity index is 487. The molecule has 0 atom stereocenters. The molecular formula is C19H33MnO5Sb. The minimum atomic E-state index is 0. The molecule has 1 radical (unpaired) electrons. The van der Waals surface area contributed by atoms with Crippen LogP contribution < -0.4 is 9.47 Å². The Kier molecular flexibility index (Phi) is 16.1. The van der Waals surface area contributed by atoms with Gasteiger partial charge in [0.2, 0.25) is 6.79 Å². The van der Waals surface area contributed by atoms with Crippen molar-refractivity contribution in [1.29, 1.82) is 0 Å². The van der Waals surface area contributed by atoms with E-state index >= 15 is 0 Å². The molecule has 1 heterocycles. The van der Waals surface area contributed by atoms with E-state index in [0.29, 0.717) is 39.8 Å². The third-order valence-corrected chi connectivity index (χ3v) is 3.86. The number of fused-ring (bicyclic) bond motifs is 1. The number of hydrogen-bond donors (Lipinski definition) is 0. The SMILES string of the molecule is CCCCOCCOCCOCc1cc2c(cc1CCC)OCO2.[Mn].[SbH3]. The van der Waals surface area contributed by atoms with E-state index in [1.54, 1.807) is 0 Å². The quantitative estimate of drug-likeness (QED) is 0.297. The monoisotopic (exact) mass is 517 g/mol. The first-order valence-electron chi connectivity index (χ1n) is 8.99. The minimum absolute atomic E-state index is 0. The zero-order valence-electron chi connectivity index (χ0n) is 16.1. The predicted molar refractivity (Wildman–Crippen MR) is 103 cm³/mol. The Labute approximate surface area is 185 Å². The van der Waals surface area contributed by atoms with Gasteiger partial charge in [-0.2, -0.15) is 0 Å². The van der Waals surface area contributed by atoms with Crippen LogP contribution in [0.2, 0.25) is 0 Å². The summed E-state index contributed by atoms with van der Waals surface area (Å²) in [4.78, 5) is 0. The third-order valence-electron chi connectivity index (χ3n) is 3.86. The number of ether oxygens (including phenoxy) is 5. The van der Waals surface area contributed by atoms with Gasteiger partial charge >= 0.3 is 24.4 Å². The van der Waals surface area contributed by atoms with Gasteiger partial charge < -0.3 is 23.7 Å². The zero-order valence-corrected chi connectivity index (χ0v) is 21.3. The molecule has 0 saturated heterocycles. The van der Waals surface area contributed by atoms with Gasteiger partial charge in [-0.25, -0.2) is 0 Å². The van der Waals surface area contributed by atoms with Crippen LogP contribution in [0.3, 0.4) is 0 Å². The summed E-state index contributed by atoms with van der Waals surface area (Å²) in [6.45, 7) is 8.47.